The first-order valence-corrected chi connectivity index (χ1v) is 10.9. The van der Waals surface area contributed by atoms with E-state index in [-0.39, 0.29) is 11.9 Å². The van der Waals surface area contributed by atoms with Crippen molar-refractivity contribution >= 4 is 17.3 Å². The van der Waals surface area contributed by atoms with Crippen LogP contribution >= 0.6 is 0 Å². The summed E-state index contributed by atoms with van der Waals surface area (Å²) in [5.41, 5.74) is 3.51. The molecule has 2 aromatic rings. The number of hydrogen-bond donors (Lipinski definition) is 2. The highest BCUT2D eigenvalue weighted by atomic mass is 16.5. The molecule has 1 atom stereocenters. The fourth-order valence-electron chi connectivity index (χ4n) is 3.55. The lowest BCUT2D eigenvalue weighted by molar-refractivity contribution is 0.0919. The lowest BCUT2D eigenvalue weighted by Crippen LogP contribution is -2.18. The molecule has 1 saturated carbocycles. The quantitative estimate of drug-likeness (QED) is 0.333. The second kappa shape index (κ2) is 11.4. The Hall–Kier alpha value is -3.25. The normalized spacial score (nSPS) is 14.0. The van der Waals surface area contributed by atoms with Crippen LogP contribution in [0.3, 0.4) is 0 Å². The first-order chi connectivity index (χ1) is 15.4. The highest BCUT2D eigenvalue weighted by molar-refractivity contribution is 5.75. The van der Waals surface area contributed by atoms with E-state index in [9.17, 15) is 5.11 Å². The SMILES string of the molecule is C=C(O)c1ccc(NC(=C)c2cc(OCC=C3CCCC3)cc(OC(C)COC)c2)nc1. The van der Waals surface area contributed by atoms with Gasteiger partial charge in [0.05, 0.1) is 6.61 Å². The van der Waals surface area contributed by atoms with Crippen LogP contribution in [0.5, 0.6) is 11.5 Å². The fourth-order valence-corrected chi connectivity index (χ4v) is 3.55. The van der Waals surface area contributed by atoms with E-state index in [2.05, 4.69) is 29.5 Å². The molecule has 1 aliphatic carbocycles. The van der Waals surface area contributed by atoms with Crippen molar-refractivity contribution in [3.8, 4) is 11.5 Å². The second-order valence-corrected chi connectivity index (χ2v) is 7.94. The molecular weight excluding hydrogens is 404 g/mol. The first kappa shape index (κ1) is 23.4. The Kier molecular flexibility index (Phi) is 8.34. The Balaban J connectivity index is 1.75. The van der Waals surface area contributed by atoms with Crippen LogP contribution in [0.1, 0.15) is 43.7 Å². The van der Waals surface area contributed by atoms with Gasteiger partial charge < -0.3 is 24.6 Å². The van der Waals surface area contributed by atoms with Gasteiger partial charge >= 0.3 is 0 Å². The van der Waals surface area contributed by atoms with Crippen LogP contribution in [-0.2, 0) is 4.74 Å². The van der Waals surface area contributed by atoms with Crippen LogP contribution in [0.15, 0.2) is 61.3 Å². The van der Waals surface area contributed by atoms with E-state index >= 15 is 0 Å². The summed E-state index contributed by atoms with van der Waals surface area (Å²) in [6.07, 6.45) is 8.50. The molecule has 1 unspecified atom stereocenters. The van der Waals surface area contributed by atoms with Crippen LogP contribution < -0.4 is 14.8 Å². The van der Waals surface area contributed by atoms with E-state index in [0.29, 0.717) is 41.8 Å². The molecule has 1 heterocycles. The zero-order valence-corrected chi connectivity index (χ0v) is 18.9. The van der Waals surface area contributed by atoms with Crippen molar-refractivity contribution < 1.29 is 19.3 Å². The van der Waals surface area contributed by atoms with Crippen molar-refractivity contribution in [2.24, 2.45) is 0 Å². The molecule has 1 aliphatic rings. The minimum Gasteiger partial charge on any atom is -0.508 e. The third kappa shape index (κ3) is 6.89. The van der Waals surface area contributed by atoms with Gasteiger partial charge in [-0.3, -0.25) is 0 Å². The number of aliphatic hydroxyl groups is 1. The first-order valence-electron chi connectivity index (χ1n) is 10.9. The van der Waals surface area contributed by atoms with Gasteiger partial charge in [0.1, 0.15) is 35.8 Å². The van der Waals surface area contributed by atoms with Crippen molar-refractivity contribution in [2.75, 3.05) is 25.6 Å². The topological polar surface area (TPSA) is 72.8 Å². The van der Waals surface area contributed by atoms with E-state index in [0.717, 1.165) is 5.56 Å². The Morgan fingerprint density at radius 2 is 1.91 bits per heavy atom. The minimum atomic E-state index is -0.106. The fraction of sp³-hybridized carbons (Fsp3) is 0.346. The van der Waals surface area contributed by atoms with Crippen LogP contribution in [0.4, 0.5) is 5.82 Å². The molecule has 170 valence electrons. The van der Waals surface area contributed by atoms with E-state index < -0.39 is 0 Å². The van der Waals surface area contributed by atoms with Crippen molar-refractivity contribution in [2.45, 2.75) is 38.7 Å². The van der Waals surface area contributed by atoms with E-state index in [1.807, 2.05) is 25.1 Å². The number of aromatic nitrogens is 1. The average molecular weight is 437 g/mol. The number of nitrogens with one attached hydrogen (secondary N) is 1. The number of anilines is 1. The minimum absolute atomic E-state index is 0.0210. The third-order valence-corrected chi connectivity index (χ3v) is 5.21. The maximum Gasteiger partial charge on any atom is 0.130 e. The lowest BCUT2D eigenvalue weighted by Gasteiger charge is -2.17. The summed E-state index contributed by atoms with van der Waals surface area (Å²) in [5.74, 6) is 1.97. The molecule has 6 heteroatoms. The molecular formula is C26H32N2O4. The molecule has 1 aromatic heterocycles. The number of benzene rings is 1. The van der Waals surface area contributed by atoms with E-state index in [1.165, 1.54) is 31.3 Å². The van der Waals surface area contributed by atoms with Gasteiger partial charge in [0.15, 0.2) is 0 Å². The molecule has 2 N–H and O–H groups in total. The summed E-state index contributed by atoms with van der Waals surface area (Å²) in [6, 6.07) is 9.22. The van der Waals surface area contributed by atoms with Gasteiger partial charge in [-0.2, -0.15) is 0 Å². The monoisotopic (exact) mass is 436 g/mol. The predicted molar refractivity (Wildman–Crippen MR) is 129 cm³/mol. The zero-order chi connectivity index (χ0) is 22.9. The zero-order valence-electron chi connectivity index (χ0n) is 18.9. The van der Waals surface area contributed by atoms with Crippen LogP contribution in [0.2, 0.25) is 0 Å². The lowest BCUT2D eigenvalue weighted by atomic mass is 10.1. The highest BCUT2D eigenvalue weighted by Crippen LogP contribution is 2.29. The number of aliphatic hydroxyl groups excluding tert-OH is 1. The largest absolute Gasteiger partial charge is 0.508 e. The molecule has 3 rings (SSSR count). The van der Waals surface area contributed by atoms with Gasteiger partial charge in [-0.25, -0.2) is 4.98 Å². The average Bonchev–Trinajstić information content (AvgIpc) is 3.27. The summed E-state index contributed by atoms with van der Waals surface area (Å²) >= 11 is 0. The van der Waals surface area contributed by atoms with Gasteiger partial charge in [0.25, 0.3) is 0 Å². The van der Waals surface area contributed by atoms with Gasteiger partial charge in [0.2, 0.25) is 0 Å². The van der Waals surface area contributed by atoms with Gasteiger partial charge in [0, 0.05) is 36.2 Å². The van der Waals surface area contributed by atoms with Crippen molar-refractivity contribution in [3.05, 3.63) is 72.5 Å². The molecule has 0 spiro atoms. The van der Waals surface area contributed by atoms with E-state index in [1.54, 1.807) is 25.4 Å². The maximum atomic E-state index is 9.47. The Morgan fingerprint density at radius 3 is 2.56 bits per heavy atom. The van der Waals surface area contributed by atoms with Crippen LogP contribution in [0, 0.1) is 0 Å². The van der Waals surface area contributed by atoms with Gasteiger partial charge in [-0.1, -0.05) is 18.7 Å². The summed E-state index contributed by atoms with van der Waals surface area (Å²) < 4.78 is 17.2. The van der Waals surface area contributed by atoms with E-state index in [4.69, 9.17) is 14.2 Å². The number of methoxy groups -OCH3 is 1. The van der Waals surface area contributed by atoms with Gasteiger partial charge in [-0.05, 0) is 62.9 Å². The summed E-state index contributed by atoms with van der Waals surface area (Å²) in [4.78, 5) is 4.30. The maximum absolute atomic E-state index is 9.47. The van der Waals surface area contributed by atoms with Crippen molar-refractivity contribution in [1.29, 1.82) is 0 Å². The molecule has 0 radical (unpaired) electrons. The second-order valence-electron chi connectivity index (χ2n) is 7.94. The summed E-state index contributed by atoms with van der Waals surface area (Å²) in [6.45, 7) is 10.6. The summed E-state index contributed by atoms with van der Waals surface area (Å²) in [7, 11) is 1.65. The molecule has 6 nitrogen and oxygen atoms in total. The molecule has 32 heavy (non-hydrogen) atoms. The van der Waals surface area contributed by atoms with Crippen LogP contribution in [0.25, 0.3) is 11.5 Å². The van der Waals surface area contributed by atoms with Crippen molar-refractivity contribution in [3.63, 3.8) is 0 Å². The standard InChI is InChI=1S/C26H32N2O4/c1-18(17-30-4)32-25-14-23(13-24(15-25)31-12-11-21-7-5-6-8-21)19(2)28-26-10-9-22(16-27-26)20(3)29/h9-11,13-16,18,29H,2-3,5-8,12,17H2,1,4H3,(H,27,28). The van der Waals surface area contributed by atoms with Crippen LogP contribution in [-0.4, -0.2) is 36.5 Å². The number of ether oxygens (including phenoxy) is 3. The van der Waals surface area contributed by atoms with Gasteiger partial charge in [-0.15, -0.1) is 0 Å². The highest BCUT2D eigenvalue weighted by Gasteiger charge is 2.11. The smallest absolute Gasteiger partial charge is 0.130 e. The molecule has 1 fully saturated rings. The molecule has 0 amide bonds. The molecule has 0 bridgehead atoms. The Morgan fingerprint density at radius 1 is 1.16 bits per heavy atom. The number of allylic oxidation sites excluding steroid dienone is 1. The third-order valence-electron chi connectivity index (χ3n) is 5.21. The molecule has 0 aliphatic heterocycles. The Bertz CT molecular complexity index is 958. The number of pyridine rings is 1. The Labute approximate surface area is 190 Å². The molecule has 0 saturated heterocycles. The number of nitrogens with zero attached hydrogens (tertiary/aromatic N) is 1. The summed E-state index contributed by atoms with van der Waals surface area (Å²) in [5, 5.41) is 12.7. The van der Waals surface area contributed by atoms with Crippen molar-refractivity contribution in [1.82, 2.24) is 4.98 Å². The molecule has 1 aromatic carbocycles. The number of rotatable bonds is 11. The predicted octanol–water partition coefficient (Wildman–Crippen LogP) is 5.99. The number of hydrogen-bond acceptors (Lipinski definition) is 6.